The van der Waals surface area contributed by atoms with Crippen LogP contribution in [0.25, 0.3) is 0 Å². The van der Waals surface area contributed by atoms with Gasteiger partial charge in [-0.3, -0.25) is 0 Å². The van der Waals surface area contributed by atoms with Crippen LogP contribution in [0.4, 0.5) is 4.39 Å². The van der Waals surface area contributed by atoms with E-state index in [9.17, 15) is 4.39 Å². The molecule has 30 heavy (non-hydrogen) atoms. The van der Waals surface area contributed by atoms with E-state index in [0.29, 0.717) is 46.1 Å². The van der Waals surface area contributed by atoms with Crippen LogP contribution < -0.4 is 4.74 Å². The Morgan fingerprint density at radius 2 is 2.07 bits per heavy atom. The number of nitrogens with zero attached hydrogens (tertiary/aromatic N) is 3. The Morgan fingerprint density at radius 1 is 1.23 bits per heavy atom. The Hall–Kier alpha value is -2.02. The molecule has 0 bridgehead atoms. The van der Waals surface area contributed by atoms with Crippen molar-refractivity contribution in [3.05, 3.63) is 81.9 Å². The molecule has 4 nitrogen and oxygen atoms in total. The summed E-state index contributed by atoms with van der Waals surface area (Å²) in [5.74, 6) is 1.72. The monoisotopic (exact) mass is 465 g/mol. The van der Waals surface area contributed by atoms with Crippen molar-refractivity contribution in [2.24, 2.45) is 0 Å². The molecule has 0 saturated carbocycles. The van der Waals surface area contributed by atoms with Gasteiger partial charge in [0.1, 0.15) is 17.4 Å². The molecule has 0 aliphatic carbocycles. The van der Waals surface area contributed by atoms with Crippen molar-refractivity contribution in [1.29, 1.82) is 0 Å². The molecule has 2 aromatic carbocycles. The largest absolute Gasteiger partial charge is 0.493 e. The number of rotatable bonds is 10. The highest BCUT2D eigenvalue weighted by molar-refractivity contribution is 7.98. The molecule has 0 spiro atoms. The van der Waals surface area contributed by atoms with Crippen LogP contribution in [0.1, 0.15) is 23.4 Å². The van der Waals surface area contributed by atoms with Crippen molar-refractivity contribution < 1.29 is 9.13 Å². The van der Waals surface area contributed by atoms with Gasteiger partial charge in [-0.15, -0.1) is 16.8 Å². The summed E-state index contributed by atoms with van der Waals surface area (Å²) in [6, 6.07) is 10.3. The number of aromatic nitrogens is 3. The molecule has 0 atom stereocenters. The molecule has 8 heteroatoms. The van der Waals surface area contributed by atoms with Gasteiger partial charge in [0.15, 0.2) is 5.16 Å². The molecule has 3 rings (SSSR count). The molecule has 0 N–H and O–H groups in total. The van der Waals surface area contributed by atoms with Crippen LogP contribution in [-0.2, 0) is 18.7 Å². The molecule has 0 fully saturated rings. The number of ether oxygens (including phenoxy) is 1. The fourth-order valence-corrected chi connectivity index (χ4v) is 4.45. The number of thioether (sulfide) groups is 1. The molecule has 0 radical (unpaired) electrons. The van der Waals surface area contributed by atoms with E-state index in [4.69, 9.17) is 27.9 Å². The molecule has 0 aliphatic heterocycles. The molecular weight excluding hydrogens is 444 g/mol. The minimum Gasteiger partial charge on any atom is -0.493 e. The SMILES string of the molecule is C=CCn1c(CCCOc2ccc(Cl)cc2C)nnc1SCc1c(F)cccc1Cl. The third-order valence-electron chi connectivity index (χ3n) is 4.45. The smallest absolute Gasteiger partial charge is 0.191 e. The third kappa shape index (κ3) is 5.78. The van der Waals surface area contributed by atoms with Gasteiger partial charge in [0.25, 0.3) is 0 Å². The first-order valence-corrected chi connectivity index (χ1v) is 11.2. The first-order valence-electron chi connectivity index (χ1n) is 9.47. The van der Waals surface area contributed by atoms with Gasteiger partial charge in [0.05, 0.1) is 6.61 Å². The zero-order valence-electron chi connectivity index (χ0n) is 16.6. The van der Waals surface area contributed by atoms with Crippen LogP contribution in [0.5, 0.6) is 5.75 Å². The Balaban J connectivity index is 1.60. The number of halogens is 3. The lowest BCUT2D eigenvalue weighted by Crippen LogP contribution is -2.07. The number of benzene rings is 2. The number of hydrogen-bond acceptors (Lipinski definition) is 4. The van der Waals surface area contributed by atoms with E-state index in [1.165, 1.54) is 17.8 Å². The third-order valence-corrected chi connectivity index (χ3v) is 6.03. The lowest BCUT2D eigenvalue weighted by molar-refractivity contribution is 0.307. The Kier molecular flexibility index (Phi) is 8.19. The fraction of sp³-hybridized carbons (Fsp3) is 0.273. The summed E-state index contributed by atoms with van der Waals surface area (Å²) in [5, 5.41) is 10.4. The van der Waals surface area contributed by atoms with Crippen molar-refractivity contribution in [2.45, 2.75) is 37.2 Å². The Morgan fingerprint density at radius 3 is 2.80 bits per heavy atom. The van der Waals surface area contributed by atoms with Gasteiger partial charge in [0, 0.05) is 34.3 Å². The zero-order chi connectivity index (χ0) is 21.5. The lowest BCUT2D eigenvalue weighted by Gasteiger charge is -2.10. The summed E-state index contributed by atoms with van der Waals surface area (Å²) in [6.07, 6.45) is 3.27. The van der Waals surface area contributed by atoms with Crippen LogP contribution in [0.2, 0.25) is 10.0 Å². The zero-order valence-corrected chi connectivity index (χ0v) is 18.9. The normalized spacial score (nSPS) is 10.9. The minimum atomic E-state index is -0.320. The standard InChI is InChI=1S/C22H22Cl2FN3OS/c1-3-11-28-21(8-5-12-29-20-10-9-16(23)13-15(20)2)26-27-22(28)30-14-17-18(24)6-4-7-19(17)25/h3-4,6-7,9-10,13H,1,5,8,11-12,14H2,2H3. The molecule has 1 aromatic heterocycles. The molecule has 0 unspecified atom stereocenters. The number of allylic oxidation sites excluding steroid dienone is 1. The van der Waals surface area contributed by atoms with E-state index in [0.717, 1.165) is 23.6 Å². The van der Waals surface area contributed by atoms with Crippen LogP contribution in [-0.4, -0.2) is 21.4 Å². The summed E-state index contributed by atoms with van der Waals surface area (Å²) < 4.78 is 21.9. The van der Waals surface area contributed by atoms with Gasteiger partial charge >= 0.3 is 0 Å². The van der Waals surface area contributed by atoms with Gasteiger partial charge in [-0.2, -0.15) is 0 Å². The number of aryl methyl sites for hydroxylation is 2. The van der Waals surface area contributed by atoms with Gasteiger partial charge in [0.2, 0.25) is 0 Å². The lowest BCUT2D eigenvalue weighted by atomic mass is 10.2. The summed E-state index contributed by atoms with van der Waals surface area (Å²) >= 11 is 13.5. The van der Waals surface area contributed by atoms with Gasteiger partial charge in [-0.25, -0.2) is 4.39 Å². The van der Waals surface area contributed by atoms with E-state index >= 15 is 0 Å². The van der Waals surface area contributed by atoms with Crippen LogP contribution in [0.3, 0.4) is 0 Å². The quantitative estimate of drug-likeness (QED) is 0.194. The Labute approximate surface area is 190 Å². The highest BCUT2D eigenvalue weighted by Crippen LogP contribution is 2.28. The van der Waals surface area contributed by atoms with E-state index in [1.807, 2.05) is 29.7 Å². The number of hydrogen-bond donors (Lipinski definition) is 0. The Bertz CT molecular complexity index is 1010. The van der Waals surface area contributed by atoms with Crippen molar-refractivity contribution in [2.75, 3.05) is 6.61 Å². The van der Waals surface area contributed by atoms with E-state index in [2.05, 4.69) is 16.8 Å². The van der Waals surface area contributed by atoms with Gasteiger partial charge < -0.3 is 9.30 Å². The molecule has 3 aromatic rings. The minimum absolute atomic E-state index is 0.320. The topological polar surface area (TPSA) is 39.9 Å². The van der Waals surface area contributed by atoms with Crippen LogP contribution >= 0.6 is 35.0 Å². The van der Waals surface area contributed by atoms with Gasteiger partial charge in [-0.05, 0) is 49.2 Å². The molecule has 158 valence electrons. The van der Waals surface area contributed by atoms with E-state index in [-0.39, 0.29) is 5.82 Å². The second-order valence-corrected chi connectivity index (χ2v) is 8.43. The average molecular weight is 466 g/mol. The van der Waals surface area contributed by atoms with Crippen LogP contribution in [0, 0.1) is 12.7 Å². The summed E-state index contributed by atoms with van der Waals surface area (Å²) in [6.45, 7) is 6.91. The average Bonchev–Trinajstić information content (AvgIpc) is 3.08. The maximum Gasteiger partial charge on any atom is 0.191 e. The van der Waals surface area contributed by atoms with Crippen LogP contribution in [0.15, 0.2) is 54.2 Å². The first kappa shape index (κ1) is 22.7. The van der Waals surface area contributed by atoms with E-state index < -0.39 is 0 Å². The van der Waals surface area contributed by atoms with E-state index in [1.54, 1.807) is 18.2 Å². The van der Waals surface area contributed by atoms with Crippen molar-refractivity contribution in [3.8, 4) is 5.75 Å². The predicted octanol–water partition coefficient (Wildman–Crippen LogP) is 6.52. The molecule has 0 aliphatic rings. The summed E-state index contributed by atoms with van der Waals surface area (Å²) in [7, 11) is 0. The highest BCUT2D eigenvalue weighted by Gasteiger charge is 2.14. The highest BCUT2D eigenvalue weighted by atomic mass is 35.5. The van der Waals surface area contributed by atoms with Crippen molar-refractivity contribution >= 4 is 35.0 Å². The molecular formula is C22H22Cl2FN3OS. The first-order chi connectivity index (χ1) is 14.5. The summed E-state index contributed by atoms with van der Waals surface area (Å²) in [4.78, 5) is 0. The molecule has 1 heterocycles. The van der Waals surface area contributed by atoms with Gasteiger partial charge in [-0.1, -0.05) is 47.1 Å². The predicted molar refractivity (Wildman–Crippen MR) is 121 cm³/mol. The van der Waals surface area contributed by atoms with Crippen molar-refractivity contribution in [1.82, 2.24) is 14.8 Å². The van der Waals surface area contributed by atoms with Crippen molar-refractivity contribution in [3.63, 3.8) is 0 Å². The molecule has 0 saturated heterocycles. The second kappa shape index (κ2) is 10.8. The maximum absolute atomic E-state index is 14.0. The maximum atomic E-state index is 14.0. The second-order valence-electron chi connectivity index (χ2n) is 6.65. The summed E-state index contributed by atoms with van der Waals surface area (Å²) in [5.41, 5.74) is 1.47. The molecule has 0 amide bonds. The fourth-order valence-electron chi connectivity index (χ4n) is 2.92.